The number of benzene rings is 2. The molecule has 0 radical (unpaired) electrons. The molecular formula is C19H17F3N6O4S. The number of nitro groups is 1. The molecule has 4 rings (SSSR count). The summed E-state index contributed by atoms with van der Waals surface area (Å²) in [7, 11) is -4.33. The van der Waals surface area contributed by atoms with Gasteiger partial charge in [-0.3, -0.25) is 15.0 Å². The van der Waals surface area contributed by atoms with Crippen LogP contribution in [0.15, 0.2) is 47.6 Å². The van der Waals surface area contributed by atoms with Crippen molar-refractivity contribution in [1.82, 2.24) is 24.0 Å². The van der Waals surface area contributed by atoms with Crippen LogP contribution in [0, 0.1) is 27.6 Å². The Balaban J connectivity index is 1.39. The smallest absolute Gasteiger partial charge is 0.269 e. The second kappa shape index (κ2) is 8.88. The third-order valence-electron chi connectivity index (χ3n) is 5.17. The summed E-state index contributed by atoms with van der Waals surface area (Å²) >= 11 is 0. The molecule has 1 aliphatic rings. The van der Waals surface area contributed by atoms with Gasteiger partial charge >= 0.3 is 0 Å². The maximum Gasteiger partial charge on any atom is 0.269 e. The van der Waals surface area contributed by atoms with Gasteiger partial charge in [-0.25, -0.2) is 31.3 Å². The van der Waals surface area contributed by atoms with Crippen LogP contribution in [-0.4, -0.2) is 63.5 Å². The van der Waals surface area contributed by atoms with Crippen molar-refractivity contribution in [2.45, 2.75) is 11.6 Å². The van der Waals surface area contributed by atoms with E-state index in [1.165, 1.54) is 23.1 Å². The highest BCUT2D eigenvalue weighted by molar-refractivity contribution is 7.89. The van der Waals surface area contributed by atoms with E-state index in [1.807, 2.05) is 4.90 Å². The lowest BCUT2D eigenvalue weighted by Crippen LogP contribution is -2.49. The summed E-state index contributed by atoms with van der Waals surface area (Å²) in [5.74, 6) is -4.65. The first kappa shape index (κ1) is 22.8. The molecule has 1 aliphatic heterocycles. The largest absolute Gasteiger partial charge is 0.282 e. The number of hydrogen-bond acceptors (Lipinski definition) is 7. The molecule has 33 heavy (non-hydrogen) atoms. The Hall–Kier alpha value is -3.36. The number of nitro benzene ring substituents is 1. The number of nitrogens with zero attached hydrogens (tertiary/aromatic N) is 6. The maximum absolute atomic E-state index is 14.0. The summed E-state index contributed by atoms with van der Waals surface area (Å²) in [6.07, 6.45) is 1.48. The lowest BCUT2D eigenvalue weighted by molar-refractivity contribution is -0.384. The molecule has 0 spiro atoms. The minimum Gasteiger partial charge on any atom is -0.282 e. The highest BCUT2D eigenvalue weighted by atomic mass is 32.2. The quantitative estimate of drug-likeness (QED) is 0.301. The third-order valence-corrected chi connectivity index (χ3v) is 7.08. The van der Waals surface area contributed by atoms with Crippen LogP contribution in [0.3, 0.4) is 0 Å². The van der Waals surface area contributed by atoms with Crippen molar-refractivity contribution in [3.63, 3.8) is 0 Å². The van der Waals surface area contributed by atoms with E-state index in [9.17, 15) is 31.7 Å². The SMILES string of the molecule is O=[N+]([O-])c1ccc(-c2ncn(CN3CCN(S(=O)(=O)c4ccc(F)c(F)c4F)CC3)n2)cc1. The predicted molar refractivity (Wildman–Crippen MR) is 109 cm³/mol. The molecule has 1 saturated heterocycles. The van der Waals surface area contributed by atoms with Crippen LogP contribution in [-0.2, 0) is 16.7 Å². The normalized spacial score (nSPS) is 15.6. The number of piperazine rings is 1. The topological polar surface area (TPSA) is 114 Å². The molecule has 3 aromatic rings. The summed E-state index contributed by atoms with van der Waals surface area (Å²) < 4.78 is 68.5. The fourth-order valence-corrected chi connectivity index (χ4v) is 4.87. The zero-order valence-electron chi connectivity index (χ0n) is 16.9. The fourth-order valence-electron chi connectivity index (χ4n) is 3.39. The Morgan fingerprint density at radius 3 is 2.27 bits per heavy atom. The van der Waals surface area contributed by atoms with Crippen LogP contribution in [0.25, 0.3) is 11.4 Å². The van der Waals surface area contributed by atoms with Gasteiger partial charge < -0.3 is 0 Å². The van der Waals surface area contributed by atoms with Crippen LogP contribution in [0.4, 0.5) is 18.9 Å². The summed E-state index contributed by atoms with van der Waals surface area (Å²) in [6.45, 7) is 0.914. The van der Waals surface area contributed by atoms with E-state index in [1.54, 1.807) is 12.1 Å². The zero-order valence-corrected chi connectivity index (χ0v) is 17.8. The molecular weight excluding hydrogens is 465 g/mol. The van der Waals surface area contributed by atoms with Crippen LogP contribution >= 0.6 is 0 Å². The second-order valence-electron chi connectivity index (χ2n) is 7.25. The predicted octanol–water partition coefficient (Wildman–Crippen LogP) is 2.23. The number of halogens is 3. The Bertz CT molecular complexity index is 1290. The molecule has 0 saturated carbocycles. The molecule has 10 nitrogen and oxygen atoms in total. The lowest BCUT2D eigenvalue weighted by atomic mass is 10.2. The molecule has 1 fully saturated rings. The van der Waals surface area contributed by atoms with E-state index in [-0.39, 0.29) is 31.9 Å². The Morgan fingerprint density at radius 1 is 0.970 bits per heavy atom. The van der Waals surface area contributed by atoms with Crippen LogP contribution in [0.5, 0.6) is 0 Å². The fraction of sp³-hybridized carbons (Fsp3) is 0.263. The van der Waals surface area contributed by atoms with Gasteiger partial charge in [0.25, 0.3) is 5.69 Å². The lowest BCUT2D eigenvalue weighted by Gasteiger charge is -2.33. The number of non-ortho nitro benzene ring substituents is 1. The first-order valence-corrected chi connectivity index (χ1v) is 11.1. The number of aromatic nitrogens is 3. The minimum atomic E-state index is -4.33. The first-order chi connectivity index (χ1) is 15.7. The summed E-state index contributed by atoms with van der Waals surface area (Å²) in [5, 5.41) is 15.1. The third kappa shape index (κ3) is 4.58. The van der Waals surface area contributed by atoms with Gasteiger partial charge in [-0.15, -0.1) is 5.10 Å². The second-order valence-corrected chi connectivity index (χ2v) is 9.16. The number of rotatable bonds is 6. The molecule has 2 heterocycles. The van der Waals surface area contributed by atoms with Gasteiger partial charge in [-0.05, 0) is 24.3 Å². The summed E-state index contributed by atoms with van der Waals surface area (Å²) in [6, 6.07) is 7.08. The van der Waals surface area contributed by atoms with Gasteiger partial charge in [-0.2, -0.15) is 4.31 Å². The van der Waals surface area contributed by atoms with Gasteiger partial charge in [0.1, 0.15) is 11.2 Å². The standard InChI is InChI=1S/C19H17F3N6O4S/c20-15-5-6-16(18(22)17(15)21)33(31,32)27-9-7-25(8-10-27)12-26-11-23-19(24-26)13-1-3-14(4-2-13)28(29)30/h1-6,11H,7-10,12H2. The molecule has 2 aromatic carbocycles. The highest BCUT2D eigenvalue weighted by Crippen LogP contribution is 2.24. The van der Waals surface area contributed by atoms with Crippen LogP contribution in [0.1, 0.15) is 0 Å². The average molecular weight is 482 g/mol. The molecule has 0 aliphatic carbocycles. The van der Waals surface area contributed by atoms with E-state index in [0.717, 1.165) is 4.31 Å². The van der Waals surface area contributed by atoms with Crippen molar-refractivity contribution in [2.75, 3.05) is 26.2 Å². The number of hydrogen-bond donors (Lipinski definition) is 0. The van der Waals surface area contributed by atoms with E-state index >= 15 is 0 Å². The molecule has 0 unspecified atom stereocenters. The molecule has 14 heteroatoms. The van der Waals surface area contributed by atoms with Crippen molar-refractivity contribution < 1.29 is 26.5 Å². The average Bonchev–Trinajstić information content (AvgIpc) is 3.26. The van der Waals surface area contributed by atoms with Crippen LogP contribution < -0.4 is 0 Å². The van der Waals surface area contributed by atoms with Crippen molar-refractivity contribution in [3.8, 4) is 11.4 Å². The summed E-state index contributed by atoms with van der Waals surface area (Å²) in [5.41, 5.74) is 0.554. The van der Waals surface area contributed by atoms with Crippen molar-refractivity contribution in [2.24, 2.45) is 0 Å². The Labute approximate surface area is 186 Å². The molecule has 0 amide bonds. The Morgan fingerprint density at radius 2 is 1.64 bits per heavy atom. The van der Waals surface area contributed by atoms with Crippen LogP contribution in [0.2, 0.25) is 0 Å². The monoisotopic (exact) mass is 482 g/mol. The molecule has 0 bridgehead atoms. The van der Waals surface area contributed by atoms with E-state index in [2.05, 4.69) is 10.1 Å². The van der Waals surface area contributed by atoms with E-state index < -0.39 is 37.3 Å². The minimum absolute atomic E-state index is 0.0185. The molecule has 0 N–H and O–H groups in total. The summed E-state index contributed by atoms with van der Waals surface area (Å²) in [4.78, 5) is 15.4. The van der Waals surface area contributed by atoms with E-state index in [0.29, 0.717) is 30.2 Å². The molecule has 174 valence electrons. The molecule has 0 atom stereocenters. The zero-order chi connectivity index (χ0) is 23.8. The van der Waals surface area contributed by atoms with Gasteiger partial charge in [0.2, 0.25) is 10.0 Å². The maximum atomic E-state index is 14.0. The van der Waals surface area contributed by atoms with Crippen molar-refractivity contribution in [3.05, 3.63) is 70.3 Å². The highest BCUT2D eigenvalue weighted by Gasteiger charge is 2.32. The van der Waals surface area contributed by atoms with E-state index in [4.69, 9.17) is 0 Å². The van der Waals surface area contributed by atoms with Gasteiger partial charge in [0.05, 0.1) is 11.6 Å². The number of sulfonamides is 1. The first-order valence-electron chi connectivity index (χ1n) is 9.67. The van der Waals surface area contributed by atoms with Crippen molar-refractivity contribution >= 4 is 15.7 Å². The van der Waals surface area contributed by atoms with Crippen molar-refractivity contribution in [1.29, 1.82) is 0 Å². The van der Waals surface area contributed by atoms with Gasteiger partial charge in [-0.1, -0.05) is 0 Å². The Kier molecular flexibility index (Phi) is 6.14. The van der Waals surface area contributed by atoms with Gasteiger partial charge in [0.15, 0.2) is 23.3 Å². The van der Waals surface area contributed by atoms with Gasteiger partial charge in [0, 0.05) is 43.9 Å². The molecule has 1 aromatic heterocycles.